The molecule has 1 N–H and O–H groups in total. The standard InChI is InChI=1S/C16H26N2O3/c19-15(12-5-6-13(10-12)16(20)21)18-9-3-4-14(11-18)17-7-1-2-8-17/h12-14H,1-11H2,(H,20,21)/t12-,13+,14?/m1/s1. The molecule has 21 heavy (non-hydrogen) atoms. The van der Waals surface area contributed by atoms with Crippen molar-refractivity contribution < 1.29 is 14.7 Å². The van der Waals surface area contributed by atoms with Crippen molar-refractivity contribution in [2.45, 2.75) is 51.0 Å². The molecule has 2 aliphatic heterocycles. The molecule has 118 valence electrons. The first-order valence-electron chi connectivity index (χ1n) is 8.41. The van der Waals surface area contributed by atoms with E-state index in [1.807, 2.05) is 4.90 Å². The van der Waals surface area contributed by atoms with E-state index in [1.165, 1.54) is 32.4 Å². The van der Waals surface area contributed by atoms with Gasteiger partial charge in [0.05, 0.1) is 5.92 Å². The second kappa shape index (κ2) is 6.34. The fourth-order valence-electron chi connectivity index (χ4n) is 4.25. The van der Waals surface area contributed by atoms with Crippen LogP contribution in [0.15, 0.2) is 0 Å². The maximum absolute atomic E-state index is 12.6. The summed E-state index contributed by atoms with van der Waals surface area (Å²) >= 11 is 0. The van der Waals surface area contributed by atoms with Gasteiger partial charge in [-0.05, 0) is 58.0 Å². The maximum Gasteiger partial charge on any atom is 0.306 e. The van der Waals surface area contributed by atoms with Crippen LogP contribution in [0.3, 0.4) is 0 Å². The molecule has 0 bridgehead atoms. The lowest BCUT2D eigenvalue weighted by molar-refractivity contribution is -0.142. The van der Waals surface area contributed by atoms with Gasteiger partial charge >= 0.3 is 5.97 Å². The summed E-state index contributed by atoms with van der Waals surface area (Å²) in [7, 11) is 0. The highest BCUT2D eigenvalue weighted by Crippen LogP contribution is 2.33. The molecular weight excluding hydrogens is 268 g/mol. The normalized spacial score (nSPS) is 34.3. The molecule has 1 saturated carbocycles. The number of hydrogen-bond donors (Lipinski definition) is 1. The summed E-state index contributed by atoms with van der Waals surface area (Å²) in [6.07, 6.45) is 6.81. The molecule has 1 aliphatic carbocycles. The minimum absolute atomic E-state index is 0.0524. The highest BCUT2D eigenvalue weighted by Gasteiger charge is 2.37. The van der Waals surface area contributed by atoms with Crippen molar-refractivity contribution >= 4 is 11.9 Å². The van der Waals surface area contributed by atoms with Crippen molar-refractivity contribution in [3.63, 3.8) is 0 Å². The molecule has 3 aliphatic rings. The van der Waals surface area contributed by atoms with Crippen LogP contribution in [0.4, 0.5) is 0 Å². The molecule has 3 fully saturated rings. The Balaban J connectivity index is 1.56. The third kappa shape index (κ3) is 3.23. The van der Waals surface area contributed by atoms with Gasteiger partial charge in [0.1, 0.15) is 0 Å². The molecule has 1 amide bonds. The van der Waals surface area contributed by atoms with Crippen LogP contribution < -0.4 is 0 Å². The number of amides is 1. The second-order valence-corrected chi connectivity index (χ2v) is 6.87. The van der Waals surface area contributed by atoms with E-state index in [-0.39, 0.29) is 17.7 Å². The van der Waals surface area contributed by atoms with Crippen LogP contribution in [0.5, 0.6) is 0 Å². The van der Waals surface area contributed by atoms with Gasteiger partial charge in [-0.2, -0.15) is 0 Å². The van der Waals surface area contributed by atoms with Crippen molar-refractivity contribution in [2.75, 3.05) is 26.2 Å². The minimum Gasteiger partial charge on any atom is -0.481 e. The number of carbonyl (C=O) groups is 2. The second-order valence-electron chi connectivity index (χ2n) is 6.87. The van der Waals surface area contributed by atoms with Crippen LogP contribution >= 0.6 is 0 Å². The van der Waals surface area contributed by atoms with Gasteiger partial charge < -0.3 is 10.0 Å². The third-order valence-electron chi connectivity index (χ3n) is 5.50. The lowest BCUT2D eigenvalue weighted by Gasteiger charge is -2.38. The Hall–Kier alpha value is -1.10. The number of nitrogens with zero attached hydrogens (tertiary/aromatic N) is 2. The number of carbonyl (C=O) groups excluding carboxylic acids is 1. The van der Waals surface area contributed by atoms with Gasteiger partial charge in [-0.15, -0.1) is 0 Å². The quantitative estimate of drug-likeness (QED) is 0.858. The number of piperidine rings is 1. The summed E-state index contributed by atoms with van der Waals surface area (Å²) in [5.41, 5.74) is 0. The molecule has 3 atom stereocenters. The van der Waals surface area contributed by atoms with Crippen LogP contribution in [0.1, 0.15) is 44.9 Å². The minimum atomic E-state index is -0.737. The first-order valence-corrected chi connectivity index (χ1v) is 8.41. The average Bonchev–Trinajstić information content (AvgIpc) is 3.18. The van der Waals surface area contributed by atoms with Crippen molar-refractivity contribution in [1.82, 2.24) is 9.80 Å². The molecule has 0 radical (unpaired) electrons. The van der Waals surface area contributed by atoms with E-state index in [2.05, 4.69) is 4.90 Å². The van der Waals surface area contributed by atoms with Crippen molar-refractivity contribution in [3.05, 3.63) is 0 Å². The van der Waals surface area contributed by atoms with Crippen molar-refractivity contribution in [2.24, 2.45) is 11.8 Å². The summed E-state index contributed by atoms with van der Waals surface area (Å²) in [4.78, 5) is 28.2. The molecule has 5 nitrogen and oxygen atoms in total. The van der Waals surface area contributed by atoms with Crippen molar-refractivity contribution in [1.29, 1.82) is 0 Å². The molecule has 0 spiro atoms. The highest BCUT2D eigenvalue weighted by molar-refractivity contribution is 5.81. The Morgan fingerprint density at radius 3 is 2.29 bits per heavy atom. The predicted octanol–water partition coefficient (Wildman–Crippen LogP) is 1.57. The monoisotopic (exact) mass is 294 g/mol. The smallest absolute Gasteiger partial charge is 0.306 e. The van der Waals surface area contributed by atoms with E-state index in [1.54, 1.807) is 0 Å². The molecule has 0 aromatic heterocycles. The Morgan fingerprint density at radius 1 is 0.905 bits per heavy atom. The molecule has 0 aromatic rings. The number of likely N-dealkylation sites (tertiary alicyclic amines) is 2. The van der Waals surface area contributed by atoms with Gasteiger partial charge in [-0.1, -0.05) is 0 Å². The van der Waals surface area contributed by atoms with Crippen LogP contribution in [0.25, 0.3) is 0 Å². The molecule has 2 heterocycles. The molecular formula is C16H26N2O3. The van der Waals surface area contributed by atoms with Crippen LogP contribution in [-0.4, -0.2) is 59.0 Å². The number of rotatable bonds is 3. The predicted molar refractivity (Wildman–Crippen MR) is 78.9 cm³/mol. The number of hydrogen-bond acceptors (Lipinski definition) is 3. The zero-order valence-corrected chi connectivity index (χ0v) is 12.7. The fourth-order valence-corrected chi connectivity index (χ4v) is 4.25. The topological polar surface area (TPSA) is 60.9 Å². The Labute approximate surface area is 126 Å². The molecule has 0 aromatic carbocycles. The first kappa shape index (κ1) is 14.8. The number of aliphatic carboxylic acids is 1. The lowest BCUT2D eigenvalue weighted by Crippen LogP contribution is -2.50. The molecule has 5 heteroatoms. The van der Waals surface area contributed by atoms with E-state index in [9.17, 15) is 9.59 Å². The summed E-state index contributed by atoms with van der Waals surface area (Å²) in [5, 5.41) is 9.08. The van der Waals surface area contributed by atoms with Crippen LogP contribution in [-0.2, 0) is 9.59 Å². The highest BCUT2D eigenvalue weighted by atomic mass is 16.4. The summed E-state index contributed by atoms with van der Waals surface area (Å²) in [6.45, 7) is 4.07. The van der Waals surface area contributed by atoms with E-state index >= 15 is 0 Å². The summed E-state index contributed by atoms with van der Waals surface area (Å²) < 4.78 is 0. The van der Waals surface area contributed by atoms with Crippen LogP contribution in [0.2, 0.25) is 0 Å². The van der Waals surface area contributed by atoms with Gasteiger partial charge in [0.25, 0.3) is 0 Å². The Morgan fingerprint density at radius 2 is 1.62 bits per heavy atom. The fraction of sp³-hybridized carbons (Fsp3) is 0.875. The average molecular weight is 294 g/mol. The molecule has 1 unspecified atom stereocenters. The summed E-state index contributed by atoms with van der Waals surface area (Å²) in [5.74, 6) is -0.886. The van der Waals surface area contributed by atoms with Gasteiger partial charge in [0, 0.05) is 25.0 Å². The van der Waals surface area contributed by atoms with E-state index in [0.717, 1.165) is 25.9 Å². The van der Waals surface area contributed by atoms with E-state index < -0.39 is 5.97 Å². The first-order chi connectivity index (χ1) is 10.1. The Kier molecular flexibility index (Phi) is 4.48. The van der Waals surface area contributed by atoms with Gasteiger partial charge in [-0.3, -0.25) is 14.5 Å². The third-order valence-corrected chi connectivity index (χ3v) is 5.50. The van der Waals surface area contributed by atoms with Crippen molar-refractivity contribution in [3.8, 4) is 0 Å². The lowest BCUT2D eigenvalue weighted by atomic mass is 9.99. The summed E-state index contributed by atoms with van der Waals surface area (Å²) in [6, 6.07) is 0.530. The zero-order chi connectivity index (χ0) is 14.8. The zero-order valence-electron chi connectivity index (χ0n) is 12.7. The van der Waals surface area contributed by atoms with Gasteiger partial charge in [0.15, 0.2) is 0 Å². The van der Waals surface area contributed by atoms with E-state index in [4.69, 9.17) is 5.11 Å². The largest absolute Gasteiger partial charge is 0.481 e. The Bertz CT molecular complexity index is 406. The van der Waals surface area contributed by atoms with Gasteiger partial charge in [0.2, 0.25) is 5.91 Å². The SMILES string of the molecule is O=C(O)[C@H]1CC[C@@H](C(=O)N2CCCC(N3CCCC3)C2)C1. The maximum atomic E-state index is 12.6. The van der Waals surface area contributed by atoms with E-state index in [0.29, 0.717) is 18.9 Å². The number of carboxylic acid groups (broad SMARTS) is 1. The van der Waals surface area contributed by atoms with Crippen LogP contribution in [0, 0.1) is 11.8 Å². The van der Waals surface area contributed by atoms with Gasteiger partial charge in [-0.25, -0.2) is 0 Å². The molecule has 3 rings (SSSR count). The molecule has 2 saturated heterocycles. The number of carboxylic acids is 1.